The molecule has 0 amide bonds. The Hall–Kier alpha value is -3.63. The number of phosphoric ester groups is 1. The summed E-state index contributed by atoms with van der Waals surface area (Å²) in [5.41, 5.74) is 14.7. The van der Waals surface area contributed by atoms with Crippen molar-refractivity contribution < 1.29 is 28.0 Å². The summed E-state index contributed by atoms with van der Waals surface area (Å²) >= 11 is 0. The van der Waals surface area contributed by atoms with Crippen molar-refractivity contribution in [3.05, 3.63) is 55.7 Å². The fourth-order valence-electron chi connectivity index (χ4n) is 4.50. The molecule has 19 heteroatoms. The fraction of sp³-hybridized carbons (Fsp3) is 0.550. The van der Waals surface area contributed by atoms with Gasteiger partial charge >= 0.3 is 13.5 Å². The predicted molar refractivity (Wildman–Crippen MR) is 132 cm³/mol. The number of aryl methyl sites for hydroxylation is 1. The molecule has 18 nitrogen and oxygen atoms in total. The number of rotatable bonds is 9. The Balaban J connectivity index is 1.16. The molecular weight excluding hydrogens is 539 g/mol. The van der Waals surface area contributed by atoms with Crippen LogP contribution in [0.5, 0.6) is 0 Å². The number of nitrogens with zero attached hydrogens (tertiary/aromatic N) is 8. The van der Waals surface area contributed by atoms with Gasteiger partial charge in [-0.15, -0.1) is 0 Å². The Kier molecular flexibility index (Phi) is 7.51. The minimum Gasteiger partial charge on any atom is -0.382 e. The van der Waals surface area contributed by atoms with E-state index in [1.54, 1.807) is 10.9 Å². The van der Waals surface area contributed by atoms with Crippen LogP contribution in [0.3, 0.4) is 0 Å². The zero-order valence-corrected chi connectivity index (χ0v) is 21.5. The first kappa shape index (κ1) is 27.0. The van der Waals surface area contributed by atoms with Crippen LogP contribution < -0.4 is 17.0 Å². The molecule has 0 radical (unpaired) electrons. The van der Waals surface area contributed by atoms with E-state index in [4.69, 9.17) is 29.8 Å². The summed E-state index contributed by atoms with van der Waals surface area (Å²) < 4.78 is 37.4. The van der Waals surface area contributed by atoms with Crippen LogP contribution in [0.2, 0.25) is 0 Å². The Labute approximate surface area is 218 Å². The zero-order chi connectivity index (χ0) is 27.7. The standard InChI is InChI=1S/C20H25N10O8P/c1-10-5-29(20(32)26-19(10)31)15-4-12(27-28-22)13(38-15)7-36-39(33,34)35-6-11-2-3-14(37-11)30-9-25-16-17(21)23-8-24-18(16)30/h5,8-9,11-15H,2-4,6-7H2,1H3,(H,33,34)(H2,21,23,24)(H,26,31,32)/t11-,12+,13-,14+,15-/m1/s1. The van der Waals surface area contributed by atoms with Crippen LogP contribution in [0.25, 0.3) is 21.6 Å². The summed E-state index contributed by atoms with van der Waals surface area (Å²) in [6.07, 6.45) is 2.61. The predicted octanol–water partition coefficient (Wildman–Crippen LogP) is 1.04. The number of imidazole rings is 1. The number of azide groups is 1. The van der Waals surface area contributed by atoms with Crippen molar-refractivity contribution in [1.82, 2.24) is 29.1 Å². The number of aromatic amines is 1. The lowest BCUT2D eigenvalue weighted by atomic mass is 10.1. The smallest absolute Gasteiger partial charge is 0.382 e. The maximum atomic E-state index is 12.6. The van der Waals surface area contributed by atoms with E-state index in [1.807, 2.05) is 0 Å². The number of nitrogen functional groups attached to an aromatic ring is 1. The first-order valence-electron chi connectivity index (χ1n) is 11.9. The summed E-state index contributed by atoms with van der Waals surface area (Å²) in [5, 5.41) is 3.65. The molecule has 2 aliphatic heterocycles. The van der Waals surface area contributed by atoms with Gasteiger partial charge in [0.05, 0.1) is 37.8 Å². The summed E-state index contributed by atoms with van der Waals surface area (Å²) in [6.45, 7) is 0.835. The number of nitrogens with two attached hydrogens (primary N) is 1. The second kappa shape index (κ2) is 10.9. The van der Waals surface area contributed by atoms with Crippen molar-refractivity contribution in [1.29, 1.82) is 0 Å². The topological polar surface area (TPSA) is 247 Å². The molecule has 3 aromatic heterocycles. The number of aromatic nitrogens is 6. The number of H-pyrrole nitrogens is 1. The van der Waals surface area contributed by atoms with Gasteiger partial charge in [0.15, 0.2) is 11.5 Å². The first-order valence-corrected chi connectivity index (χ1v) is 13.4. The van der Waals surface area contributed by atoms with E-state index in [1.165, 1.54) is 19.4 Å². The van der Waals surface area contributed by atoms with E-state index >= 15 is 0 Å². The van der Waals surface area contributed by atoms with Gasteiger partial charge in [-0.1, -0.05) is 5.11 Å². The van der Waals surface area contributed by atoms with Crippen LogP contribution in [-0.4, -0.2) is 65.4 Å². The van der Waals surface area contributed by atoms with Gasteiger partial charge in [-0.3, -0.25) is 28.0 Å². The number of hydrogen-bond donors (Lipinski definition) is 3. The van der Waals surface area contributed by atoms with Gasteiger partial charge < -0.3 is 20.1 Å². The Morgan fingerprint density at radius 2 is 2.03 bits per heavy atom. The number of ether oxygens (including phenoxy) is 2. The molecule has 5 heterocycles. The van der Waals surface area contributed by atoms with Crippen LogP contribution in [0.1, 0.15) is 37.3 Å². The first-order chi connectivity index (χ1) is 18.6. The molecule has 0 bridgehead atoms. The van der Waals surface area contributed by atoms with Gasteiger partial charge in [-0.2, -0.15) is 0 Å². The van der Waals surface area contributed by atoms with Crippen molar-refractivity contribution >= 4 is 24.8 Å². The summed E-state index contributed by atoms with van der Waals surface area (Å²) in [4.78, 5) is 51.4. The second-order valence-corrected chi connectivity index (χ2v) is 10.5. The van der Waals surface area contributed by atoms with E-state index in [9.17, 15) is 19.0 Å². The van der Waals surface area contributed by atoms with Crippen LogP contribution in [0.4, 0.5) is 5.82 Å². The molecule has 208 valence electrons. The highest BCUT2D eigenvalue weighted by Gasteiger charge is 2.39. The van der Waals surface area contributed by atoms with E-state index < -0.39 is 56.4 Å². The van der Waals surface area contributed by atoms with E-state index in [-0.39, 0.29) is 24.4 Å². The third kappa shape index (κ3) is 5.72. The lowest BCUT2D eigenvalue weighted by molar-refractivity contribution is -0.0375. The van der Waals surface area contributed by atoms with E-state index in [0.717, 1.165) is 4.57 Å². The number of anilines is 1. The molecule has 0 aromatic carbocycles. The van der Waals surface area contributed by atoms with Gasteiger partial charge in [0, 0.05) is 23.1 Å². The molecule has 4 N–H and O–H groups in total. The van der Waals surface area contributed by atoms with Crippen molar-refractivity contribution in [2.75, 3.05) is 18.9 Å². The molecule has 0 spiro atoms. The zero-order valence-electron chi connectivity index (χ0n) is 20.6. The molecule has 2 aliphatic rings. The average Bonchev–Trinajstić information content (AvgIpc) is 3.63. The highest BCUT2D eigenvalue weighted by molar-refractivity contribution is 7.47. The Morgan fingerprint density at radius 1 is 1.23 bits per heavy atom. The number of hydrogen-bond acceptors (Lipinski definition) is 12. The third-order valence-electron chi connectivity index (χ3n) is 6.47. The minimum atomic E-state index is -4.55. The van der Waals surface area contributed by atoms with E-state index in [2.05, 4.69) is 30.0 Å². The number of nitrogens with one attached hydrogen (secondary N) is 1. The van der Waals surface area contributed by atoms with Crippen LogP contribution in [0, 0.1) is 6.92 Å². The normalized spacial score (nSPS) is 26.5. The second-order valence-electron chi connectivity index (χ2n) is 9.05. The van der Waals surface area contributed by atoms with Crippen LogP contribution >= 0.6 is 7.82 Å². The molecule has 2 fully saturated rings. The van der Waals surface area contributed by atoms with Gasteiger partial charge in [0.1, 0.15) is 24.3 Å². The molecule has 1 unspecified atom stereocenters. The molecular formula is C20H25N10O8P. The quantitative estimate of drug-likeness (QED) is 0.143. The summed E-state index contributed by atoms with van der Waals surface area (Å²) in [7, 11) is -4.55. The minimum absolute atomic E-state index is 0.0802. The van der Waals surface area contributed by atoms with E-state index in [0.29, 0.717) is 24.0 Å². The monoisotopic (exact) mass is 564 g/mol. The highest BCUT2D eigenvalue weighted by atomic mass is 31.2. The van der Waals surface area contributed by atoms with Crippen molar-refractivity contribution in [3.63, 3.8) is 0 Å². The Morgan fingerprint density at radius 3 is 2.82 bits per heavy atom. The summed E-state index contributed by atoms with van der Waals surface area (Å²) in [5.74, 6) is 0.246. The molecule has 5 rings (SSSR count). The lowest BCUT2D eigenvalue weighted by Crippen LogP contribution is -2.33. The SMILES string of the molecule is Cc1cn([C@H]2C[C@H](N=[N+]=[N-])[C@@H](COP(=O)(O)OC[C@H]3CC[C@@H](n4cnc5c(N)ncnc54)O3)O2)c(=O)[nH]c1=O. The molecule has 6 atom stereocenters. The lowest BCUT2D eigenvalue weighted by Gasteiger charge is -2.20. The van der Waals surface area contributed by atoms with Crippen LogP contribution in [-0.2, 0) is 23.1 Å². The number of phosphoric acid groups is 1. The van der Waals surface area contributed by atoms with Gasteiger partial charge in [0.2, 0.25) is 0 Å². The molecule has 39 heavy (non-hydrogen) atoms. The molecule has 0 aliphatic carbocycles. The summed E-state index contributed by atoms with van der Waals surface area (Å²) in [6, 6.07) is -0.805. The maximum Gasteiger partial charge on any atom is 0.472 e. The molecule has 0 saturated carbocycles. The van der Waals surface area contributed by atoms with Crippen LogP contribution in [0.15, 0.2) is 33.6 Å². The van der Waals surface area contributed by atoms with Gasteiger partial charge in [-0.05, 0) is 25.3 Å². The third-order valence-corrected chi connectivity index (χ3v) is 7.42. The number of fused-ring (bicyclic) bond motifs is 1. The fourth-order valence-corrected chi connectivity index (χ4v) is 5.27. The largest absolute Gasteiger partial charge is 0.472 e. The van der Waals surface area contributed by atoms with Gasteiger partial charge in [-0.25, -0.2) is 24.3 Å². The van der Waals surface area contributed by atoms with Crippen molar-refractivity contribution in [2.24, 2.45) is 5.11 Å². The Bertz CT molecular complexity index is 1580. The molecule has 2 saturated heterocycles. The van der Waals surface area contributed by atoms with Crippen molar-refractivity contribution in [3.8, 4) is 0 Å². The highest BCUT2D eigenvalue weighted by Crippen LogP contribution is 2.45. The molecule has 3 aromatic rings. The van der Waals surface area contributed by atoms with Gasteiger partial charge in [0.25, 0.3) is 5.56 Å². The maximum absolute atomic E-state index is 12.6. The van der Waals surface area contributed by atoms with Crippen molar-refractivity contribution in [2.45, 2.75) is 56.9 Å². The average molecular weight is 564 g/mol.